The van der Waals surface area contributed by atoms with Gasteiger partial charge in [-0.15, -0.1) is 0 Å². The number of carbonyl (C=O) groups is 1. The van der Waals surface area contributed by atoms with E-state index in [1.807, 2.05) is 54.6 Å². The second kappa shape index (κ2) is 14.1. The minimum Gasteiger partial charge on any atom is -0.497 e. The summed E-state index contributed by atoms with van der Waals surface area (Å²) >= 11 is 0. The summed E-state index contributed by atoms with van der Waals surface area (Å²) < 4.78 is 45.2. The molecule has 4 rings (SSSR count). The van der Waals surface area contributed by atoms with Crippen LogP contribution in [0.25, 0.3) is 0 Å². The largest absolute Gasteiger partial charge is 0.497 e. The normalized spacial score (nSPS) is 11.4. The Labute approximate surface area is 240 Å². The fourth-order valence-electron chi connectivity index (χ4n) is 3.96. The molecule has 212 valence electrons. The Balaban J connectivity index is 1.51. The van der Waals surface area contributed by atoms with Crippen molar-refractivity contribution in [2.45, 2.75) is 18.0 Å². The van der Waals surface area contributed by atoms with E-state index in [2.05, 4.69) is 10.5 Å². The number of nitrogens with zero attached hydrogens (tertiary/aromatic N) is 2. The fraction of sp³-hybridized carbons (Fsp3) is 0.161. The smallest absolute Gasteiger partial charge is 0.255 e. The summed E-state index contributed by atoms with van der Waals surface area (Å²) in [5.74, 6) is 0.443. The molecule has 0 fully saturated rings. The molecular weight excluding hydrogens is 542 g/mol. The molecule has 0 aliphatic heterocycles. The standard InChI is InChI=1S/C31H31N3O6S/c1-38-27-17-18-29(39-2)30(19-27)41(36,37)34(21-24-11-5-3-6-12-24)22-31(35)33-32-20-26-15-9-10-16-28(26)40-23-25-13-7-4-8-14-25/h3-20H,21-23H2,1-2H3,(H,33,35)/b32-20+. The molecular formula is C31H31N3O6S. The molecule has 1 N–H and O–H groups in total. The molecule has 0 saturated heterocycles. The maximum absolute atomic E-state index is 13.8. The number of nitrogens with one attached hydrogen (secondary N) is 1. The van der Waals surface area contributed by atoms with Crippen molar-refractivity contribution in [1.29, 1.82) is 0 Å². The predicted octanol–water partition coefficient (Wildman–Crippen LogP) is 4.62. The number of carbonyl (C=O) groups excluding carboxylic acids is 1. The average molecular weight is 574 g/mol. The van der Waals surface area contributed by atoms with Gasteiger partial charge in [-0.3, -0.25) is 4.79 Å². The number of methoxy groups -OCH3 is 2. The highest BCUT2D eigenvalue weighted by Crippen LogP contribution is 2.31. The lowest BCUT2D eigenvalue weighted by molar-refractivity contribution is -0.121. The van der Waals surface area contributed by atoms with Gasteiger partial charge in [0.1, 0.15) is 28.8 Å². The Morgan fingerprint density at radius 1 is 0.829 bits per heavy atom. The summed E-state index contributed by atoms with van der Waals surface area (Å²) in [7, 11) is -1.37. The molecule has 0 saturated carbocycles. The van der Waals surface area contributed by atoms with Gasteiger partial charge in [0.15, 0.2) is 0 Å². The Kier molecular flexibility index (Phi) is 10.1. The van der Waals surface area contributed by atoms with Gasteiger partial charge in [0.2, 0.25) is 10.0 Å². The zero-order valence-electron chi connectivity index (χ0n) is 22.8. The first kappa shape index (κ1) is 29.3. The van der Waals surface area contributed by atoms with Crippen LogP contribution in [0.5, 0.6) is 17.2 Å². The quantitative estimate of drug-likeness (QED) is 0.185. The number of hydrogen-bond donors (Lipinski definition) is 1. The van der Waals surface area contributed by atoms with Crippen molar-refractivity contribution in [3.8, 4) is 17.2 Å². The van der Waals surface area contributed by atoms with Crippen LogP contribution in [0.4, 0.5) is 0 Å². The number of para-hydroxylation sites is 1. The summed E-state index contributed by atoms with van der Waals surface area (Å²) in [6.45, 7) is -0.157. The zero-order valence-corrected chi connectivity index (χ0v) is 23.6. The lowest BCUT2D eigenvalue weighted by atomic mass is 10.2. The molecule has 41 heavy (non-hydrogen) atoms. The van der Waals surface area contributed by atoms with Gasteiger partial charge in [-0.1, -0.05) is 72.8 Å². The highest BCUT2D eigenvalue weighted by molar-refractivity contribution is 7.89. The molecule has 0 heterocycles. The Morgan fingerprint density at radius 2 is 1.49 bits per heavy atom. The summed E-state index contributed by atoms with van der Waals surface area (Å²) in [5.41, 5.74) is 4.81. The summed E-state index contributed by atoms with van der Waals surface area (Å²) in [6.07, 6.45) is 1.46. The van der Waals surface area contributed by atoms with E-state index in [-0.39, 0.29) is 17.2 Å². The van der Waals surface area contributed by atoms with Gasteiger partial charge < -0.3 is 14.2 Å². The summed E-state index contributed by atoms with van der Waals surface area (Å²) in [6, 6.07) is 30.5. The van der Waals surface area contributed by atoms with Gasteiger partial charge in [-0.05, 0) is 35.4 Å². The van der Waals surface area contributed by atoms with E-state index < -0.39 is 22.5 Å². The Morgan fingerprint density at radius 3 is 2.17 bits per heavy atom. The topological polar surface area (TPSA) is 107 Å². The third kappa shape index (κ3) is 7.93. The number of hydrazone groups is 1. The molecule has 9 nitrogen and oxygen atoms in total. The van der Waals surface area contributed by atoms with Gasteiger partial charge in [0, 0.05) is 18.2 Å². The molecule has 0 atom stereocenters. The highest BCUT2D eigenvalue weighted by Gasteiger charge is 2.30. The third-order valence-electron chi connectivity index (χ3n) is 6.06. The molecule has 0 radical (unpaired) electrons. The van der Waals surface area contributed by atoms with Gasteiger partial charge in [-0.2, -0.15) is 9.41 Å². The molecule has 0 aliphatic carbocycles. The van der Waals surface area contributed by atoms with Gasteiger partial charge in [0.05, 0.1) is 27.0 Å². The van der Waals surface area contributed by atoms with E-state index >= 15 is 0 Å². The van der Waals surface area contributed by atoms with Crippen LogP contribution >= 0.6 is 0 Å². The fourth-order valence-corrected chi connectivity index (χ4v) is 5.52. The molecule has 1 amide bonds. The third-order valence-corrected chi connectivity index (χ3v) is 7.87. The maximum atomic E-state index is 13.8. The van der Waals surface area contributed by atoms with Crippen LogP contribution in [0, 0.1) is 0 Å². The van der Waals surface area contributed by atoms with E-state index in [0.29, 0.717) is 29.2 Å². The monoisotopic (exact) mass is 573 g/mol. The van der Waals surface area contributed by atoms with Crippen LogP contribution in [-0.4, -0.2) is 45.6 Å². The number of amides is 1. The van der Waals surface area contributed by atoms with E-state index in [1.54, 1.807) is 36.4 Å². The molecule has 4 aromatic carbocycles. The molecule has 0 spiro atoms. The van der Waals surface area contributed by atoms with Crippen LogP contribution < -0.4 is 19.6 Å². The van der Waals surface area contributed by atoms with Gasteiger partial charge in [-0.25, -0.2) is 13.8 Å². The lowest BCUT2D eigenvalue weighted by Gasteiger charge is -2.23. The number of ether oxygens (including phenoxy) is 3. The lowest BCUT2D eigenvalue weighted by Crippen LogP contribution is -2.39. The number of benzene rings is 4. The van der Waals surface area contributed by atoms with Crippen LogP contribution in [0.15, 0.2) is 113 Å². The minimum atomic E-state index is -4.19. The van der Waals surface area contributed by atoms with Crippen molar-refractivity contribution in [3.63, 3.8) is 0 Å². The minimum absolute atomic E-state index is 0.0448. The van der Waals surface area contributed by atoms with Crippen LogP contribution in [-0.2, 0) is 28.0 Å². The summed E-state index contributed by atoms with van der Waals surface area (Å²) in [4.78, 5) is 12.9. The van der Waals surface area contributed by atoms with Gasteiger partial charge in [0.25, 0.3) is 5.91 Å². The second-order valence-corrected chi connectivity index (χ2v) is 10.8. The molecule has 0 bridgehead atoms. The van der Waals surface area contributed by atoms with E-state index in [9.17, 15) is 13.2 Å². The van der Waals surface area contributed by atoms with Crippen molar-refractivity contribution in [3.05, 3.63) is 120 Å². The van der Waals surface area contributed by atoms with Crippen molar-refractivity contribution >= 4 is 22.1 Å². The van der Waals surface area contributed by atoms with Crippen LogP contribution in [0.3, 0.4) is 0 Å². The molecule has 0 unspecified atom stereocenters. The first-order chi connectivity index (χ1) is 19.9. The zero-order chi connectivity index (χ0) is 29.1. The van der Waals surface area contributed by atoms with Crippen molar-refractivity contribution in [2.24, 2.45) is 5.10 Å². The predicted molar refractivity (Wildman–Crippen MR) is 157 cm³/mol. The molecule has 0 aliphatic rings. The second-order valence-electron chi connectivity index (χ2n) is 8.88. The first-order valence-electron chi connectivity index (χ1n) is 12.7. The van der Waals surface area contributed by atoms with Crippen molar-refractivity contribution < 1.29 is 27.4 Å². The number of rotatable bonds is 13. The Hall–Kier alpha value is -4.67. The van der Waals surface area contributed by atoms with Crippen molar-refractivity contribution in [1.82, 2.24) is 9.73 Å². The van der Waals surface area contributed by atoms with Gasteiger partial charge >= 0.3 is 0 Å². The molecule has 0 aromatic heterocycles. The van der Waals surface area contributed by atoms with E-state index in [0.717, 1.165) is 9.87 Å². The SMILES string of the molecule is COc1ccc(OC)c(S(=O)(=O)N(CC(=O)N/N=C/c2ccccc2OCc2ccccc2)Cc2ccccc2)c1. The molecule has 4 aromatic rings. The van der Waals surface area contributed by atoms with Crippen LogP contribution in [0.2, 0.25) is 0 Å². The van der Waals surface area contributed by atoms with E-state index in [4.69, 9.17) is 14.2 Å². The number of hydrogen-bond acceptors (Lipinski definition) is 7. The summed E-state index contributed by atoms with van der Waals surface area (Å²) in [5, 5.41) is 4.06. The molecule has 10 heteroatoms. The first-order valence-corrected chi connectivity index (χ1v) is 14.2. The van der Waals surface area contributed by atoms with E-state index in [1.165, 1.54) is 32.6 Å². The average Bonchev–Trinajstić information content (AvgIpc) is 3.01. The van der Waals surface area contributed by atoms with Crippen LogP contribution in [0.1, 0.15) is 16.7 Å². The maximum Gasteiger partial charge on any atom is 0.255 e. The highest BCUT2D eigenvalue weighted by atomic mass is 32.2. The number of sulfonamides is 1. The Bertz CT molecular complexity index is 1580. The van der Waals surface area contributed by atoms with Crippen molar-refractivity contribution in [2.75, 3.05) is 20.8 Å².